The Balaban J connectivity index is 2.09. The van der Waals surface area contributed by atoms with E-state index in [9.17, 15) is 0 Å². The lowest BCUT2D eigenvalue weighted by atomic mass is 10.1. The predicted molar refractivity (Wildman–Crippen MR) is 87.5 cm³/mol. The maximum absolute atomic E-state index is 5.22. The van der Waals surface area contributed by atoms with E-state index in [1.807, 2.05) is 37.3 Å². The molecule has 0 aliphatic heterocycles. The van der Waals surface area contributed by atoms with E-state index in [-0.39, 0.29) is 0 Å². The minimum Gasteiger partial charge on any atom is -0.497 e. The van der Waals surface area contributed by atoms with Crippen LogP contribution in [0.1, 0.15) is 5.69 Å². The van der Waals surface area contributed by atoms with E-state index in [0.29, 0.717) is 0 Å². The summed E-state index contributed by atoms with van der Waals surface area (Å²) in [5, 5.41) is 1.15. The average molecular weight is 278 g/mol. The molecule has 2 aromatic carbocycles. The molecule has 0 fully saturated rings. The number of pyridine rings is 1. The Morgan fingerprint density at radius 2 is 1.71 bits per heavy atom. The number of benzene rings is 2. The van der Waals surface area contributed by atoms with Gasteiger partial charge in [0, 0.05) is 23.8 Å². The first-order chi connectivity index (χ1) is 10.2. The summed E-state index contributed by atoms with van der Waals surface area (Å²) in [5.41, 5.74) is 4.31. The van der Waals surface area contributed by atoms with Gasteiger partial charge >= 0.3 is 0 Å². The first kappa shape index (κ1) is 13.4. The Labute approximate surface area is 124 Å². The van der Waals surface area contributed by atoms with Crippen molar-refractivity contribution in [1.29, 1.82) is 0 Å². The molecule has 0 saturated heterocycles. The quantitative estimate of drug-likeness (QED) is 0.713. The van der Waals surface area contributed by atoms with E-state index < -0.39 is 0 Å². The molecule has 0 aliphatic rings. The van der Waals surface area contributed by atoms with Crippen LogP contribution in [0.25, 0.3) is 10.9 Å². The number of rotatable bonds is 3. The van der Waals surface area contributed by atoms with Crippen molar-refractivity contribution < 1.29 is 4.74 Å². The Morgan fingerprint density at radius 3 is 2.43 bits per heavy atom. The van der Waals surface area contributed by atoms with Crippen LogP contribution in [0.15, 0.2) is 54.6 Å². The van der Waals surface area contributed by atoms with Crippen LogP contribution in [0.3, 0.4) is 0 Å². The van der Waals surface area contributed by atoms with Gasteiger partial charge in [-0.3, -0.25) is 4.98 Å². The Hall–Kier alpha value is -2.55. The molecule has 0 radical (unpaired) electrons. The second kappa shape index (κ2) is 5.44. The molecule has 0 saturated carbocycles. The van der Waals surface area contributed by atoms with Crippen molar-refractivity contribution in [2.24, 2.45) is 0 Å². The number of hydrogen-bond acceptors (Lipinski definition) is 3. The van der Waals surface area contributed by atoms with Gasteiger partial charge in [0.05, 0.1) is 18.3 Å². The normalized spacial score (nSPS) is 10.6. The molecule has 3 heteroatoms. The van der Waals surface area contributed by atoms with Gasteiger partial charge in [-0.15, -0.1) is 0 Å². The predicted octanol–water partition coefficient (Wildman–Crippen LogP) is 4.32. The van der Waals surface area contributed by atoms with Crippen LogP contribution < -0.4 is 9.64 Å². The van der Waals surface area contributed by atoms with Gasteiger partial charge in [-0.1, -0.05) is 18.2 Å². The van der Waals surface area contributed by atoms with E-state index in [1.54, 1.807) is 7.11 Å². The maximum Gasteiger partial charge on any atom is 0.119 e. The van der Waals surface area contributed by atoms with Gasteiger partial charge in [-0.25, -0.2) is 0 Å². The van der Waals surface area contributed by atoms with E-state index >= 15 is 0 Å². The lowest BCUT2D eigenvalue weighted by molar-refractivity contribution is 0.415. The average Bonchev–Trinajstić information content (AvgIpc) is 2.53. The third-order valence-electron chi connectivity index (χ3n) is 3.64. The fourth-order valence-corrected chi connectivity index (χ4v) is 2.51. The van der Waals surface area contributed by atoms with E-state index in [2.05, 4.69) is 41.2 Å². The summed E-state index contributed by atoms with van der Waals surface area (Å²) in [5.74, 6) is 0.864. The van der Waals surface area contributed by atoms with E-state index in [4.69, 9.17) is 4.74 Å². The van der Waals surface area contributed by atoms with Crippen LogP contribution >= 0.6 is 0 Å². The SMILES string of the molecule is COc1ccc(N(C)c2cc(C)nc3ccccc23)cc1. The van der Waals surface area contributed by atoms with Gasteiger partial charge < -0.3 is 9.64 Å². The van der Waals surface area contributed by atoms with Gasteiger partial charge in [0.15, 0.2) is 0 Å². The second-order valence-corrected chi connectivity index (χ2v) is 5.06. The van der Waals surface area contributed by atoms with Crippen molar-refractivity contribution in [3.05, 3.63) is 60.3 Å². The van der Waals surface area contributed by atoms with Gasteiger partial charge in [0.2, 0.25) is 0 Å². The monoisotopic (exact) mass is 278 g/mol. The number of aryl methyl sites for hydroxylation is 1. The zero-order valence-corrected chi connectivity index (χ0v) is 12.5. The highest BCUT2D eigenvalue weighted by molar-refractivity contribution is 5.93. The molecule has 1 aromatic heterocycles. The molecule has 21 heavy (non-hydrogen) atoms. The van der Waals surface area contributed by atoms with Crippen LogP contribution in [0.4, 0.5) is 11.4 Å². The minimum absolute atomic E-state index is 0.864. The third-order valence-corrected chi connectivity index (χ3v) is 3.64. The molecule has 0 aliphatic carbocycles. The number of methoxy groups -OCH3 is 1. The van der Waals surface area contributed by atoms with Gasteiger partial charge in [-0.05, 0) is 43.3 Å². The fraction of sp³-hybridized carbons (Fsp3) is 0.167. The summed E-state index contributed by atoms with van der Waals surface area (Å²) in [6, 6.07) is 18.4. The summed E-state index contributed by atoms with van der Waals surface area (Å²) < 4.78 is 5.22. The number of ether oxygens (including phenoxy) is 1. The molecule has 0 N–H and O–H groups in total. The standard InChI is InChI=1S/C18H18N2O/c1-13-12-18(16-6-4-5-7-17(16)19-13)20(2)14-8-10-15(21-3)11-9-14/h4-12H,1-3H3. The summed E-state index contributed by atoms with van der Waals surface area (Å²) in [6.07, 6.45) is 0. The van der Waals surface area contributed by atoms with Gasteiger partial charge in [0.25, 0.3) is 0 Å². The summed E-state index contributed by atoms with van der Waals surface area (Å²) in [7, 11) is 3.75. The van der Waals surface area contributed by atoms with Crippen molar-refractivity contribution in [1.82, 2.24) is 4.98 Å². The van der Waals surface area contributed by atoms with Crippen LogP contribution in [0, 0.1) is 6.92 Å². The molecule has 1 heterocycles. The van der Waals surface area contributed by atoms with Crippen molar-refractivity contribution in [3.8, 4) is 5.75 Å². The zero-order valence-electron chi connectivity index (χ0n) is 12.5. The summed E-state index contributed by atoms with van der Waals surface area (Å²) in [4.78, 5) is 6.77. The van der Waals surface area contributed by atoms with E-state index in [0.717, 1.165) is 33.7 Å². The molecule has 0 atom stereocenters. The number of anilines is 2. The third kappa shape index (κ3) is 2.55. The largest absolute Gasteiger partial charge is 0.497 e. The lowest BCUT2D eigenvalue weighted by Crippen LogP contribution is -2.10. The molecule has 0 amide bonds. The van der Waals surface area contributed by atoms with Crippen molar-refractivity contribution >= 4 is 22.3 Å². The topological polar surface area (TPSA) is 25.4 Å². The number of hydrogen-bond donors (Lipinski definition) is 0. The minimum atomic E-state index is 0.864. The van der Waals surface area contributed by atoms with Crippen molar-refractivity contribution in [2.75, 3.05) is 19.1 Å². The number of nitrogens with zero attached hydrogens (tertiary/aromatic N) is 2. The number of aromatic nitrogens is 1. The van der Waals surface area contributed by atoms with Gasteiger partial charge in [-0.2, -0.15) is 0 Å². The zero-order chi connectivity index (χ0) is 14.8. The number of fused-ring (bicyclic) bond motifs is 1. The van der Waals surface area contributed by atoms with Gasteiger partial charge in [0.1, 0.15) is 5.75 Å². The fourth-order valence-electron chi connectivity index (χ4n) is 2.51. The van der Waals surface area contributed by atoms with Crippen LogP contribution in [-0.4, -0.2) is 19.1 Å². The Kier molecular flexibility index (Phi) is 3.48. The molecule has 0 spiro atoms. The highest BCUT2D eigenvalue weighted by Gasteiger charge is 2.10. The van der Waals surface area contributed by atoms with Crippen molar-refractivity contribution in [2.45, 2.75) is 6.92 Å². The molecule has 3 aromatic rings. The van der Waals surface area contributed by atoms with E-state index in [1.165, 1.54) is 0 Å². The van der Waals surface area contributed by atoms with Crippen molar-refractivity contribution in [3.63, 3.8) is 0 Å². The highest BCUT2D eigenvalue weighted by Crippen LogP contribution is 2.31. The Morgan fingerprint density at radius 1 is 1.00 bits per heavy atom. The molecule has 0 unspecified atom stereocenters. The molecule has 3 rings (SSSR count). The van der Waals surface area contributed by atoms with Crippen LogP contribution in [-0.2, 0) is 0 Å². The molecule has 106 valence electrons. The molecule has 3 nitrogen and oxygen atoms in total. The Bertz CT molecular complexity index is 766. The van der Waals surface area contributed by atoms with Crippen LogP contribution in [0.2, 0.25) is 0 Å². The second-order valence-electron chi connectivity index (χ2n) is 5.06. The number of para-hydroxylation sites is 1. The summed E-state index contributed by atoms with van der Waals surface area (Å²) in [6.45, 7) is 2.03. The smallest absolute Gasteiger partial charge is 0.119 e. The molecule has 0 bridgehead atoms. The highest BCUT2D eigenvalue weighted by atomic mass is 16.5. The molecular weight excluding hydrogens is 260 g/mol. The molecular formula is C18H18N2O. The first-order valence-electron chi connectivity index (χ1n) is 6.93. The summed E-state index contributed by atoms with van der Waals surface area (Å²) >= 11 is 0. The van der Waals surface area contributed by atoms with Crippen LogP contribution in [0.5, 0.6) is 5.75 Å². The lowest BCUT2D eigenvalue weighted by Gasteiger charge is -2.22. The first-order valence-corrected chi connectivity index (χ1v) is 6.93. The maximum atomic E-state index is 5.22.